The molecular weight excluding hydrogens is 214 g/mol. The van der Waals surface area contributed by atoms with Gasteiger partial charge in [-0.2, -0.15) is 0 Å². The third-order valence-corrected chi connectivity index (χ3v) is 1.96. The van der Waals surface area contributed by atoms with Crippen molar-refractivity contribution in [2.75, 3.05) is 19.0 Å². The standard InChI is InChI=1S/C9H11N3O2S/c1-14-8(13)5-12-7-4-11-3-2-6(7)9(10)15/h2-4,12H,5H2,1H3,(H2,10,15). The molecule has 0 aromatic carbocycles. The summed E-state index contributed by atoms with van der Waals surface area (Å²) >= 11 is 4.85. The average molecular weight is 225 g/mol. The molecule has 1 aromatic rings. The summed E-state index contributed by atoms with van der Waals surface area (Å²) in [4.78, 5) is 15.1. The number of rotatable bonds is 4. The molecule has 0 aliphatic heterocycles. The zero-order valence-corrected chi connectivity index (χ0v) is 9.00. The number of hydrogen-bond donors (Lipinski definition) is 2. The molecule has 0 saturated heterocycles. The van der Waals surface area contributed by atoms with Crippen LogP contribution in [0.4, 0.5) is 5.69 Å². The fraction of sp³-hybridized carbons (Fsp3) is 0.222. The molecule has 0 unspecified atom stereocenters. The third-order valence-electron chi connectivity index (χ3n) is 1.74. The Balaban J connectivity index is 2.76. The monoisotopic (exact) mass is 225 g/mol. The van der Waals surface area contributed by atoms with Crippen molar-refractivity contribution in [1.82, 2.24) is 4.98 Å². The molecule has 0 amide bonds. The van der Waals surface area contributed by atoms with E-state index in [-0.39, 0.29) is 17.5 Å². The molecule has 0 atom stereocenters. The first-order valence-electron chi connectivity index (χ1n) is 4.19. The lowest BCUT2D eigenvalue weighted by molar-refractivity contribution is -0.138. The Morgan fingerprint density at radius 2 is 2.47 bits per heavy atom. The van der Waals surface area contributed by atoms with E-state index in [1.165, 1.54) is 7.11 Å². The van der Waals surface area contributed by atoms with Crippen LogP contribution in [0.25, 0.3) is 0 Å². The average Bonchev–Trinajstić information content (AvgIpc) is 2.26. The van der Waals surface area contributed by atoms with Crippen molar-refractivity contribution >= 4 is 28.9 Å². The molecule has 15 heavy (non-hydrogen) atoms. The molecule has 3 N–H and O–H groups in total. The number of ether oxygens (including phenoxy) is 1. The largest absolute Gasteiger partial charge is 0.468 e. The lowest BCUT2D eigenvalue weighted by atomic mass is 10.2. The first-order valence-corrected chi connectivity index (χ1v) is 4.60. The Morgan fingerprint density at radius 1 is 1.73 bits per heavy atom. The number of pyridine rings is 1. The molecule has 1 heterocycles. The molecule has 6 heteroatoms. The Bertz CT molecular complexity index is 381. The van der Waals surface area contributed by atoms with Crippen LogP contribution in [0.1, 0.15) is 5.56 Å². The number of aromatic nitrogens is 1. The molecule has 0 radical (unpaired) electrons. The van der Waals surface area contributed by atoms with Crippen LogP contribution < -0.4 is 11.1 Å². The molecule has 0 bridgehead atoms. The predicted octanol–water partition coefficient (Wildman–Crippen LogP) is 0.301. The first kappa shape index (κ1) is 11.4. The maximum atomic E-state index is 10.9. The summed E-state index contributed by atoms with van der Waals surface area (Å²) in [6.07, 6.45) is 3.13. The maximum Gasteiger partial charge on any atom is 0.325 e. The highest BCUT2D eigenvalue weighted by molar-refractivity contribution is 7.80. The molecular formula is C9H11N3O2S. The third kappa shape index (κ3) is 3.17. The zero-order chi connectivity index (χ0) is 11.3. The number of hydrogen-bond acceptors (Lipinski definition) is 5. The number of carbonyl (C=O) groups excluding carboxylic acids is 1. The number of nitrogens with one attached hydrogen (secondary N) is 1. The van der Waals surface area contributed by atoms with Crippen LogP contribution >= 0.6 is 12.2 Å². The molecule has 1 rings (SSSR count). The smallest absolute Gasteiger partial charge is 0.325 e. The summed E-state index contributed by atoms with van der Waals surface area (Å²) in [5, 5.41) is 2.84. The van der Waals surface area contributed by atoms with Crippen LogP contribution in [0.3, 0.4) is 0 Å². The van der Waals surface area contributed by atoms with Gasteiger partial charge >= 0.3 is 5.97 Å². The Hall–Kier alpha value is -1.69. The van der Waals surface area contributed by atoms with Gasteiger partial charge < -0.3 is 15.8 Å². The normalized spacial score (nSPS) is 9.40. The van der Waals surface area contributed by atoms with E-state index in [9.17, 15) is 4.79 Å². The molecule has 0 aliphatic rings. The van der Waals surface area contributed by atoms with E-state index in [0.717, 1.165) is 0 Å². The van der Waals surface area contributed by atoms with Crippen LogP contribution in [0.2, 0.25) is 0 Å². The van der Waals surface area contributed by atoms with E-state index in [1.807, 2.05) is 0 Å². The van der Waals surface area contributed by atoms with Gasteiger partial charge in [0.15, 0.2) is 0 Å². The molecule has 0 saturated carbocycles. The second-order valence-corrected chi connectivity index (χ2v) is 3.16. The van der Waals surface area contributed by atoms with Crippen LogP contribution in [-0.2, 0) is 9.53 Å². The number of carbonyl (C=O) groups is 1. The van der Waals surface area contributed by atoms with Crippen molar-refractivity contribution in [3.63, 3.8) is 0 Å². The van der Waals surface area contributed by atoms with Gasteiger partial charge in [-0.3, -0.25) is 9.78 Å². The fourth-order valence-electron chi connectivity index (χ4n) is 0.990. The van der Waals surface area contributed by atoms with E-state index in [1.54, 1.807) is 18.5 Å². The maximum absolute atomic E-state index is 10.9. The van der Waals surface area contributed by atoms with Crippen molar-refractivity contribution in [2.45, 2.75) is 0 Å². The van der Waals surface area contributed by atoms with E-state index in [4.69, 9.17) is 18.0 Å². The second-order valence-electron chi connectivity index (χ2n) is 2.72. The van der Waals surface area contributed by atoms with Crippen LogP contribution in [0.15, 0.2) is 18.5 Å². The summed E-state index contributed by atoms with van der Waals surface area (Å²) in [6, 6.07) is 1.68. The summed E-state index contributed by atoms with van der Waals surface area (Å²) in [5.41, 5.74) is 6.78. The molecule has 5 nitrogen and oxygen atoms in total. The van der Waals surface area contributed by atoms with Crippen LogP contribution in [0, 0.1) is 0 Å². The SMILES string of the molecule is COC(=O)CNc1cnccc1C(N)=S. The van der Waals surface area contributed by atoms with E-state index < -0.39 is 0 Å². The van der Waals surface area contributed by atoms with Gasteiger partial charge in [0.2, 0.25) is 0 Å². The van der Waals surface area contributed by atoms with Gasteiger partial charge in [0, 0.05) is 11.8 Å². The van der Waals surface area contributed by atoms with E-state index >= 15 is 0 Å². The van der Waals surface area contributed by atoms with Crippen molar-refractivity contribution in [1.29, 1.82) is 0 Å². The number of esters is 1. The van der Waals surface area contributed by atoms with Gasteiger partial charge in [0.1, 0.15) is 11.5 Å². The summed E-state index contributed by atoms with van der Waals surface area (Å²) in [7, 11) is 1.32. The van der Waals surface area contributed by atoms with Crippen LogP contribution in [-0.4, -0.2) is 29.6 Å². The van der Waals surface area contributed by atoms with E-state index in [0.29, 0.717) is 11.3 Å². The fourth-order valence-corrected chi connectivity index (χ4v) is 1.17. The lowest BCUT2D eigenvalue weighted by Crippen LogP contribution is -2.18. The number of thiocarbonyl (C=S) groups is 1. The molecule has 0 spiro atoms. The quantitative estimate of drug-likeness (QED) is 0.567. The van der Waals surface area contributed by atoms with Crippen molar-refractivity contribution in [3.05, 3.63) is 24.0 Å². The molecule has 80 valence electrons. The van der Waals surface area contributed by atoms with Gasteiger partial charge in [0.05, 0.1) is 19.0 Å². The number of nitrogens with two attached hydrogens (primary N) is 1. The predicted molar refractivity (Wildman–Crippen MR) is 60.6 cm³/mol. The zero-order valence-electron chi connectivity index (χ0n) is 8.19. The Morgan fingerprint density at radius 3 is 3.07 bits per heavy atom. The minimum absolute atomic E-state index is 0.0534. The summed E-state index contributed by atoms with van der Waals surface area (Å²) in [5.74, 6) is -0.368. The number of methoxy groups -OCH3 is 1. The highest BCUT2D eigenvalue weighted by atomic mass is 32.1. The number of nitrogens with zero attached hydrogens (tertiary/aromatic N) is 1. The van der Waals surface area contributed by atoms with Crippen molar-refractivity contribution in [3.8, 4) is 0 Å². The Kier molecular flexibility index (Phi) is 3.99. The van der Waals surface area contributed by atoms with E-state index in [2.05, 4.69) is 15.0 Å². The minimum atomic E-state index is -0.368. The second kappa shape index (κ2) is 5.26. The number of anilines is 1. The van der Waals surface area contributed by atoms with Gasteiger partial charge in [-0.15, -0.1) is 0 Å². The lowest BCUT2D eigenvalue weighted by Gasteiger charge is -2.08. The topological polar surface area (TPSA) is 77.2 Å². The minimum Gasteiger partial charge on any atom is -0.468 e. The Labute approximate surface area is 92.6 Å². The summed E-state index contributed by atoms with van der Waals surface area (Å²) in [6.45, 7) is 0.0534. The van der Waals surface area contributed by atoms with Crippen LogP contribution in [0.5, 0.6) is 0 Å². The van der Waals surface area contributed by atoms with Gasteiger partial charge in [-0.1, -0.05) is 12.2 Å². The van der Waals surface area contributed by atoms with Crippen molar-refractivity contribution < 1.29 is 9.53 Å². The van der Waals surface area contributed by atoms with Gasteiger partial charge in [-0.05, 0) is 6.07 Å². The highest BCUT2D eigenvalue weighted by Crippen LogP contribution is 2.12. The van der Waals surface area contributed by atoms with Gasteiger partial charge in [-0.25, -0.2) is 0 Å². The summed E-state index contributed by atoms with van der Waals surface area (Å²) < 4.78 is 4.49. The molecule has 1 aromatic heterocycles. The van der Waals surface area contributed by atoms with Crippen molar-refractivity contribution in [2.24, 2.45) is 5.73 Å². The molecule has 0 aliphatic carbocycles. The molecule has 0 fully saturated rings. The van der Waals surface area contributed by atoms with Gasteiger partial charge in [0.25, 0.3) is 0 Å². The highest BCUT2D eigenvalue weighted by Gasteiger charge is 2.06. The first-order chi connectivity index (χ1) is 7.15.